The van der Waals surface area contributed by atoms with Crippen molar-refractivity contribution in [3.63, 3.8) is 0 Å². The van der Waals surface area contributed by atoms with Crippen LogP contribution in [0.15, 0.2) is 65.7 Å². The number of ether oxygens (including phenoxy) is 2. The molecule has 168 valence electrons. The van der Waals surface area contributed by atoms with E-state index in [4.69, 9.17) is 15.2 Å². The highest BCUT2D eigenvalue weighted by Crippen LogP contribution is 2.30. The average Bonchev–Trinajstić information content (AvgIpc) is 2.85. The first kappa shape index (κ1) is 20.9. The summed E-state index contributed by atoms with van der Waals surface area (Å²) in [7, 11) is 0. The van der Waals surface area contributed by atoms with E-state index in [9.17, 15) is 0 Å². The number of anilines is 2. The number of aromatic nitrogens is 3. The highest BCUT2D eigenvalue weighted by Gasteiger charge is 2.24. The Morgan fingerprint density at radius 1 is 1.00 bits per heavy atom. The summed E-state index contributed by atoms with van der Waals surface area (Å²) in [6.45, 7) is 4.66. The highest BCUT2D eigenvalue weighted by atomic mass is 16.5. The van der Waals surface area contributed by atoms with Crippen LogP contribution in [0.4, 0.5) is 17.8 Å². The van der Waals surface area contributed by atoms with E-state index in [1.165, 1.54) is 0 Å². The average molecular weight is 444 g/mol. The van der Waals surface area contributed by atoms with Crippen LogP contribution in [0.3, 0.4) is 0 Å². The van der Waals surface area contributed by atoms with Gasteiger partial charge in [0, 0.05) is 18.8 Å². The summed E-state index contributed by atoms with van der Waals surface area (Å²) >= 11 is 0. The van der Waals surface area contributed by atoms with Crippen LogP contribution in [-0.4, -0.2) is 47.3 Å². The van der Waals surface area contributed by atoms with Crippen molar-refractivity contribution in [2.45, 2.75) is 13.0 Å². The summed E-state index contributed by atoms with van der Waals surface area (Å²) in [5.74, 6) is 0.774. The molecule has 3 N–H and O–H groups in total. The molecular formula is C24H25N7O2. The summed E-state index contributed by atoms with van der Waals surface area (Å²) in [6, 6.07) is 18.5. The maximum atomic E-state index is 6.22. The lowest BCUT2D eigenvalue weighted by molar-refractivity contribution is 0.122. The van der Waals surface area contributed by atoms with Crippen molar-refractivity contribution in [1.29, 1.82) is 0 Å². The normalized spacial score (nSPS) is 19.5. The van der Waals surface area contributed by atoms with Crippen molar-refractivity contribution in [2.75, 3.05) is 36.9 Å². The fourth-order valence-electron chi connectivity index (χ4n) is 3.81. The predicted molar refractivity (Wildman–Crippen MR) is 127 cm³/mol. The molecule has 3 heterocycles. The second-order valence-electron chi connectivity index (χ2n) is 7.78. The number of hydrogen-bond acceptors (Lipinski definition) is 8. The molecule has 5 rings (SSSR count). The second-order valence-corrected chi connectivity index (χ2v) is 7.78. The highest BCUT2D eigenvalue weighted by molar-refractivity contribution is 5.89. The number of aliphatic imine (C=N–C) groups is 1. The van der Waals surface area contributed by atoms with E-state index in [2.05, 4.69) is 50.4 Å². The Bertz CT molecular complexity index is 1190. The summed E-state index contributed by atoms with van der Waals surface area (Å²) in [5, 5.41) is 3.27. The molecule has 0 amide bonds. The Kier molecular flexibility index (Phi) is 5.86. The van der Waals surface area contributed by atoms with E-state index >= 15 is 0 Å². The van der Waals surface area contributed by atoms with Crippen molar-refractivity contribution in [1.82, 2.24) is 20.3 Å². The number of rotatable bonds is 4. The molecule has 1 atom stereocenters. The number of benzene rings is 2. The van der Waals surface area contributed by atoms with Gasteiger partial charge in [-0.1, -0.05) is 54.6 Å². The number of nitrogens with one attached hydrogen (secondary N) is 1. The molecule has 9 heteroatoms. The second kappa shape index (κ2) is 9.25. The van der Waals surface area contributed by atoms with Crippen LogP contribution in [0, 0.1) is 6.92 Å². The summed E-state index contributed by atoms with van der Waals surface area (Å²) in [4.78, 5) is 19.5. The third-order valence-electron chi connectivity index (χ3n) is 5.50. The number of nitrogens with zero attached hydrogens (tertiary/aromatic N) is 5. The number of nitrogen functional groups attached to an aromatic ring is 1. The first-order valence-electron chi connectivity index (χ1n) is 10.8. The third-order valence-corrected chi connectivity index (χ3v) is 5.50. The Hall–Kier alpha value is -3.98. The summed E-state index contributed by atoms with van der Waals surface area (Å²) in [6.07, 6.45) is 1.73. The van der Waals surface area contributed by atoms with Crippen LogP contribution >= 0.6 is 0 Å². The van der Waals surface area contributed by atoms with E-state index in [1.807, 2.05) is 47.4 Å². The molecule has 1 aromatic heterocycles. The molecule has 3 aromatic rings. The Balaban J connectivity index is 1.51. The molecule has 1 fully saturated rings. The van der Waals surface area contributed by atoms with Gasteiger partial charge in [0.05, 0.1) is 13.2 Å². The molecule has 33 heavy (non-hydrogen) atoms. The Morgan fingerprint density at radius 2 is 1.76 bits per heavy atom. The van der Waals surface area contributed by atoms with Gasteiger partial charge >= 0.3 is 0 Å². The predicted octanol–water partition coefficient (Wildman–Crippen LogP) is 2.99. The van der Waals surface area contributed by atoms with Crippen LogP contribution in [-0.2, 0) is 9.47 Å². The van der Waals surface area contributed by atoms with E-state index in [0.717, 1.165) is 22.4 Å². The van der Waals surface area contributed by atoms with Crippen molar-refractivity contribution < 1.29 is 9.47 Å². The van der Waals surface area contributed by atoms with Gasteiger partial charge in [0.1, 0.15) is 6.10 Å². The molecule has 9 nitrogen and oxygen atoms in total. The van der Waals surface area contributed by atoms with Crippen molar-refractivity contribution in [2.24, 2.45) is 4.99 Å². The molecular weight excluding hydrogens is 418 g/mol. The van der Waals surface area contributed by atoms with Gasteiger partial charge in [-0.25, -0.2) is 0 Å². The lowest BCUT2D eigenvalue weighted by atomic mass is 10.0. The minimum atomic E-state index is -0.320. The smallest absolute Gasteiger partial charge is 0.298 e. The van der Waals surface area contributed by atoms with E-state index in [1.54, 1.807) is 0 Å². The zero-order valence-electron chi connectivity index (χ0n) is 18.3. The maximum absolute atomic E-state index is 6.22. The Labute approximate surface area is 192 Å². The zero-order valence-corrected chi connectivity index (χ0v) is 18.3. The van der Waals surface area contributed by atoms with Gasteiger partial charge in [0.2, 0.25) is 11.9 Å². The van der Waals surface area contributed by atoms with E-state index in [0.29, 0.717) is 38.3 Å². The van der Waals surface area contributed by atoms with Crippen LogP contribution in [0.1, 0.15) is 22.8 Å². The van der Waals surface area contributed by atoms with Gasteiger partial charge in [0.25, 0.3) is 12.0 Å². The van der Waals surface area contributed by atoms with Gasteiger partial charge in [0.15, 0.2) is 0 Å². The van der Waals surface area contributed by atoms with Gasteiger partial charge in [-0.3, -0.25) is 0 Å². The van der Waals surface area contributed by atoms with E-state index in [-0.39, 0.29) is 18.0 Å². The van der Waals surface area contributed by atoms with Gasteiger partial charge in [-0.2, -0.15) is 19.9 Å². The van der Waals surface area contributed by atoms with Gasteiger partial charge in [-0.05, 0) is 29.7 Å². The quantitative estimate of drug-likeness (QED) is 0.633. The number of aryl methyl sites for hydroxylation is 1. The standard InChI is InChI=1S/C24H25N7O2/c1-16-7-5-6-10-18(16)20-15-19(17-8-3-2-4-9-17)26-24(33-20)30-22-27-21(25)28-23(29-22)31-11-13-32-14-12-31/h2-10,15,20H,11-14H2,1H3,(H3,25,26,27,28,29,30). The molecule has 1 unspecified atom stereocenters. The Morgan fingerprint density at radius 3 is 2.55 bits per heavy atom. The number of morpholine rings is 1. The molecule has 0 radical (unpaired) electrons. The molecule has 2 aliphatic heterocycles. The monoisotopic (exact) mass is 443 g/mol. The lowest BCUT2D eigenvalue weighted by Gasteiger charge is -2.27. The fraction of sp³-hybridized carbons (Fsp3) is 0.250. The molecule has 0 spiro atoms. The maximum Gasteiger partial charge on any atom is 0.298 e. The number of nitrogens with two attached hydrogens (primary N) is 1. The minimum absolute atomic E-state index is 0.107. The third kappa shape index (κ3) is 4.78. The largest absolute Gasteiger partial charge is 0.452 e. The van der Waals surface area contributed by atoms with Gasteiger partial charge < -0.3 is 25.4 Å². The fourth-order valence-corrected chi connectivity index (χ4v) is 3.81. The van der Waals surface area contributed by atoms with Crippen LogP contribution in [0.5, 0.6) is 0 Å². The summed E-state index contributed by atoms with van der Waals surface area (Å²) in [5.41, 5.74) is 10.1. The first-order valence-corrected chi connectivity index (χ1v) is 10.8. The molecule has 2 aliphatic rings. The van der Waals surface area contributed by atoms with Crippen molar-refractivity contribution in [3.8, 4) is 0 Å². The lowest BCUT2D eigenvalue weighted by Crippen LogP contribution is -2.37. The summed E-state index contributed by atoms with van der Waals surface area (Å²) < 4.78 is 11.6. The topological polar surface area (TPSA) is 111 Å². The van der Waals surface area contributed by atoms with Crippen LogP contribution in [0.2, 0.25) is 0 Å². The zero-order chi connectivity index (χ0) is 22.6. The van der Waals surface area contributed by atoms with Crippen LogP contribution < -0.4 is 16.0 Å². The minimum Gasteiger partial charge on any atom is -0.452 e. The van der Waals surface area contributed by atoms with Crippen molar-refractivity contribution >= 4 is 29.6 Å². The molecule has 1 saturated heterocycles. The molecule has 0 saturated carbocycles. The van der Waals surface area contributed by atoms with E-state index < -0.39 is 0 Å². The van der Waals surface area contributed by atoms with Crippen LogP contribution in [0.25, 0.3) is 5.70 Å². The first-order chi connectivity index (χ1) is 16.2. The van der Waals surface area contributed by atoms with Crippen molar-refractivity contribution in [3.05, 3.63) is 77.4 Å². The SMILES string of the molecule is Cc1ccccc1C1C=C(c2ccccc2)N/C(=N\c2nc(N)nc(N3CCOCC3)n2)O1. The molecule has 0 bridgehead atoms. The molecule has 2 aromatic carbocycles. The molecule has 0 aliphatic carbocycles. The number of amidine groups is 1. The van der Waals surface area contributed by atoms with Gasteiger partial charge in [-0.15, -0.1) is 0 Å². The number of hydrogen-bond donors (Lipinski definition) is 2.